The van der Waals surface area contributed by atoms with Gasteiger partial charge in [0.25, 0.3) is 0 Å². The van der Waals surface area contributed by atoms with Crippen LogP contribution in [0.15, 0.2) is 37.0 Å². The molecular formula is C8H7NO. The minimum Gasteiger partial charge on any atom is -0.290 e. The van der Waals surface area contributed by atoms with Crippen molar-refractivity contribution in [3.8, 4) is 6.07 Å². The molecule has 10 heavy (non-hydrogen) atoms. The zero-order valence-electron chi connectivity index (χ0n) is 5.50. The highest BCUT2D eigenvalue weighted by molar-refractivity contribution is 5.99. The summed E-state index contributed by atoms with van der Waals surface area (Å²) >= 11 is 0. The van der Waals surface area contributed by atoms with Crippen LogP contribution in [0.1, 0.15) is 0 Å². The molecule has 0 aliphatic rings. The molecule has 2 heteroatoms. The minimum atomic E-state index is -0.226. The first-order valence-electron chi connectivity index (χ1n) is 2.64. The molecular weight excluding hydrogens is 126 g/mol. The average Bonchev–Trinajstić information content (AvgIpc) is 1.99. The lowest BCUT2D eigenvalue weighted by atomic mass is 10.2. The van der Waals surface area contributed by atoms with Crippen LogP contribution in [0, 0.1) is 11.3 Å². The lowest BCUT2D eigenvalue weighted by molar-refractivity contribution is -0.110. The zero-order valence-corrected chi connectivity index (χ0v) is 5.50. The van der Waals surface area contributed by atoms with Crippen LogP contribution in [0.4, 0.5) is 0 Å². The van der Waals surface area contributed by atoms with Crippen molar-refractivity contribution in [2.45, 2.75) is 0 Å². The molecule has 0 rings (SSSR count). The third-order valence-corrected chi connectivity index (χ3v) is 0.794. The molecule has 0 atom stereocenters. The van der Waals surface area contributed by atoms with Crippen molar-refractivity contribution in [3.05, 3.63) is 37.0 Å². The second-order valence-electron chi connectivity index (χ2n) is 1.58. The molecule has 0 bridgehead atoms. The third kappa shape index (κ3) is 3.39. The van der Waals surface area contributed by atoms with Crippen LogP contribution in [0.25, 0.3) is 0 Å². The Morgan fingerprint density at radius 3 is 2.50 bits per heavy atom. The van der Waals surface area contributed by atoms with Gasteiger partial charge in [-0.2, -0.15) is 5.26 Å². The van der Waals surface area contributed by atoms with E-state index in [9.17, 15) is 4.79 Å². The molecule has 50 valence electrons. The predicted molar refractivity (Wildman–Crippen MR) is 39.1 cm³/mol. The molecule has 0 saturated carbocycles. The smallest absolute Gasteiger partial charge is 0.178 e. The summed E-state index contributed by atoms with van der Waals surface area (Å²) in [4.78, 5) is 10.5. The van der Waals surface area contributed by atoms with Crippen molar-refractivity contribution < 1.29 is 4.79 Å². The summed E-state index contributed by atoms with van der Waals surface area (Å²) in [5.41, 5.74) is 0.259. The van der Waals surface area contributed by atoms with E-state index in [-0.39, 0.29) is 11.4 Å². The summed E-state index contributed by atoms with van der Waals surface area (Å²) in [6, 6.07) is 1.78. The topological polar surface area (TPSA) is 40.9 Å². The molecule has 0 N–H and O–H groups in total. The number of ketones is 1. The van der Waals surface area contributed by atoms with Crippen molar-refractivity contribution >= 4 is 5.78 Å². The summed E-state index contributed by atoms with van der Waals surface area (Å²) in [5.74, 6) is -0.226. The number of allylic oxidation sites excluding steroid dienone is 4. The lowest BCUT2D eigenvalue weighted by Gasteiger charge is -1.79. The van der Waals surface area contributed by atoms with Crippen molar-refractivity contribution in [3.63, 3.8) is 0 Å². The van der Waals surface area contributed by atoms with E-state index in [2.05, 4.69) is 13.2 Å². The molecule has 0 spiro atoms. The molecule has 0 aromatic heterocycles. The fourth-order valence-electron chi connectivity index (χ4n) is 0.288. The maximum absolute atomic E-state index is 10.5. The highest BCUT2D eigenvalue weighted by Gasteiger charge is 1.85. The molecule has 0 fully saturated rings. The second-order valence-corrected chi connectivity index (χ2v) is 1.58. The number of carbonyl (C=O) groups is 1. The van der Waals surface area contributed by atoms with Gasteiger partial charge in [-0.15, -0.1) is 0 Å². The number of nitrogens with zero attached hydrogens (tertiary/aromatic N) is 1. The summed E-state index contributed by atoms with van der Waals surface area (Å²) < 4.78 is 0. The Morgan fingerprint density at radius 1 is 1.50 bits per heavy atom. The van der Waals surface area contributed by atoms with Gasteiger partial charge in [-0.25, -0.2) is 0 Å². The zero-order chi connectivity index (χ0) is 7.98. The fraction of sp³-hybridized carbons (Fsp3) is 0. The number of hydrogen-bond acceptors (Lipinski definition) is 2. The van der Waals surface area contributed by atoms with Crippen LogP contribution in [0.3, 0.4) is 0 Å². The van der Waals surface area contributed by atoms with Gasteiger partial charge < -0.3 is 0 Å². The number of nitriles is 1. The average molecular weight is 133 g/mol. The fourth-order valence-corrected chi connectivity index (χ4v) is 0.288. The maximum atomic E-state index is 10.5. The maximum Gasteiger partial charge on any atom is 0.178 e. The van der Waals surface area contributed by atoms with Crippen molar-refractivity contribution in [1.29, 1.82) is 5.26 Å². The van der Waals surface area contributed by atoms with Gasteiger partial charge in [0.1, 0.15) is 0 Å². The van der Waals surface area contributed by atoms with Crippen LogP contribution in [-0.4, -0.2) is 5.78 Å². The molecule has 0 saturated heterocycles. The quantitative estimate of drug-likeness (QED) is 0.331. The van der Waals surface area contributed by atoms with Gasteiger partial charge in [0.15, 0.2) is 5.78 Å². The van der Waals surface area contributed by atoms with Gasteiger partial charge in [-0.05, 0) is 18.2 Å². The van der Waals surface area contributed by atoms with Crippen molar-refractivity contribution in [1.82, 2.24) is 0 Å². The second kappa shape index (κ2) is 4.28. The molecule has 0 heterocycles. The number of rotatable bonds is 3. The molecule has 0 aromatic rings. The molecule has 2 nitrogen and oxygen atoms in total. The summed E-state index contributed by atoms with van der Waals surface area (Å²) in [5, 5.41) is 8.18. The Bertz CT molecular complexity index is 230. The highest BCUT2D eigenvalue weighted by atomic mass is 16.1. The van der Waals surface area contributed by atoms with Gasteiger partial charge >= 0.3 is 0 Å². The predicted octanol–water partition coefficient (Wildman–Crippen LogP) is 1.38. The van der Waals surface area contributed by atoms with E-state index < -0.39 is 0 Å². The van der Waals surface area contributed by atoms with Gasteiger partial charge in [0.2, 0.25) is 0 Å². The van der Waals surface area contributed by atoms with Gasteiger partial charge in [-0.3, -0.25) is 4.79 Å². The van der Waals surface area contributed by atoms with Crippen LogP contribution < -0.4 is 0 Å². The molecule has 0 aromatic carbocycles. The molecule has 0 aliphatic heterocycles. The third-order valence-electron chi connectivity index (χ3n) is 0.794. The molecule has 0 unspecified atom stereocenters. The Morgan fingerprint density at radius 2 is 2.10 bits per heavy atom. The minimum absolute atomic E-state index is 0.226. The van der Waals surface area contributed by atoms with E-state index in [1.807, 2.05) is 0 Å². The van der Waals surface area contributed by atoms with Gasteiger partial charge in [0.05, 0.1) is 6.07 Å². The summed E-state index contributed by atoms with van der Waals surface area (Å²) in [6.07, 6.45) is 3.77. The van der Waals surface area contributed by atoms with Crippen molar-refractivity contribution in [2.24, 2.45) is 0 Å². The summed E-state index contributed by atoms with van der Waals surface area (Å²) in [7, 11) is 0. The molecule has 0 amide bonds. The van der Waals surface area contributed by atoms with E-state index in [1.165, 1.54) is 18.2 Å². The first-order chi connectivity index (χ1) is 4.70. The molecule has 0 aliphatic carbocycles. The van der Waals surface area contributed by atoms with Crippen molar-refractivity contribution in [2.75, 3.05) is 0 Å². The SMILES string of the molecule is C=CC(=O)C=CC(=C)C#N. The lowest BCUT2D eigenvalue weighted by Crippen LogP contribution is -1.82. The monoisotopic (exact) mass is 133 g/mol. The number of hydrogen-bond donors (Lipinski definition) is 0. The van der Waals surface area contributed by atoms with E-state index >= 15 is 0 Å². The largest absolute Gasteiger partial charge is 0.290 e. The van der Waals surface area contributed by atoms with E-state index in [4.69, 9.17) is 5.26 Å². The first-order valence-corrected chi connectivity index (χ1v) is 2.64. The number of carbonyl (C=O) groups excluding carboxylic acids is 1. The standard InChI is InChI=1S/C8H7NO/c1-3-8(10)5-4-7(2)6-9/h3-5H,1-2H2. The Hall–Kier alpha value is -1.62. The normalized spacial score (nSPS) is 8.70. The summed E-state index contributed by atoms with van der Waals surface area (Å²) in [6.45, 7) is 6.60. The Labute approximate surface area is 59.8 Å². The van der Waals surface area contributed by atoms with E-state index in [0.29, 0.717) is 0 Å². The van der Waals surface area contributed by atoms with E-state index in [0.717, 1.165) is 0 Å². The van der Waals surface area contributed by atoms with Gasteiger partial charge in [0, 0.05) is 5.57 Å². The Balaban J connectivity index is 4.03. The highest BCUT2D eigenvalue weighted by Crippen LogP contribution is 1.89. The van der Waals surface area contributed by atoms with Gasteiger partial charge in [-0.1, -0.05) is 13.2 Å². The van der Waals surface area contributed by atoms with Crippen LogP contribution >= 0.6 is 0 Å². The molecule has 0 radical (unpaired) electrons. The van der Waals surface area contributed by atoms with Crippen LogP contribution in [0.2, 0.25) is 0 Å². The first kappa shape index (κ1) is 8.38. The Kier molecular flexibility index (Phi) is 3.58. The van der Waals surface area contributed by atoms with Crippen LogP contribution in [-0.2, 0) is 4.79 Å². The van der Waals surface area contributed by atoms with E-state index in [1.54, 1.807) is 6.07 Å². The van der Waals surface area contributed by atoms with Crippen LogP contribution in [0.5, 0.6) is 0 Å².